The summed E-state index contributed by atoms with van der Waals surface area (Å²) in [4.78, 5) is 0. The predicted molar refractivity (Wildman–Crippen MR) is 73.0 cm³/mol. The quantitative estimate of drug-likeness (QED) is 0.388. The molecule has 0 saturated carbocycles. The molecule has 0 aliphatic carbocycles. The molecule has 0 spiro atoms. The normalized spacial score (nSPS) is 14.6. The molecule has 0 aromatic carbocycles. The Morgan fingerprint density at radius 1 is 1.47 bits per heavy atom. The van der Waals surface area contributed by atoms with E-state index in [1.54, 1.807) is 13.8 Å². The van der Waals surface area contributed by atoms with Crippen molar-refractivity contribution in [3.63, 3.8) is 0 Å². The summed E-state index contributed by atoms with van der Waals surface area (Å²) in [5.74, 6) is 0.817. The molecule has 0 bridgehead atoms. The van der Waals surface area contributed by atoms with Crippen LogP contribution in [0, 0.1) is 0 Å². The zero-order valence-corrected chi connectivity index (χ0v) is 11.4. The number of allylic oxidation sites excluding steroid dienone is 4. The lowest BCUT2D eigenvalue weighted by Crippen LogP contribution is -2.29. The van der Waals surface area contributed by atoms with E-state index in [0.717, 1.165) is 18.5 Å². The van der Waals surface area contributed by atoms with E-state index in [4.69, 9.17) is 9.84 Å². The van der Waals surface area contributed by atoms with E-state index in [2.05, 4.69) is 18.8 Å². The number of rotatable bonds is 8. The van der Waals surface area contributed by atoms with E-state index in [9.17, 15) is 0 Å². The molecule has 0 heterocycles. The molecule has 0 amide bonds. The standard InChI is InChI=1S/C14H25NO2/c1-6-7-11(2)10-12(3)15-8-9-17-14(5)13(4)16/h6-7,12,15-16H,2,8-10H2,1,3-5H3/b7-6-,14-13-. The van der Waals surface area contributed by atoms with Gasteiger partial charge in [-0.05, 0) is 34.1 Å². The molecule has 0 aliphatic heterocycles. The lowest BCUT2D eigenvalue weighted by Gasteiger charge is -2.14. The van der Waals surface area contributed by atoms with Crippen molar-refractivity contribution in [2.24, 2.45) is 0 Å². The fraction of sp³-hybridized carbons (Fsp3) is 0.571. The number of ether oxygens (including phenoxy) is 1. The monoisotopic (exact) mass is 239 g/mol. The Morgan fingerprint density at radius 3 is 2.65 bits per heavy atom. The Hall–Kier alpha value is -1.22. The van der Waals surface area contributed by atoms with Crippen LogP contribution in [0.4, 0.5) is 0 Å². The van der Waals surface area contributed by atoms with E-state index in [-0.39, 0.29) is 5.76 Å². The molecule has 0 aliphatic rings. The first-order chi connectivity index (χ1) is 7.97. The molecule has 1 atom stereocenters. The van der Waals surface area contributed by atoms with Crippen LogP contribution in [-0.4, -0.2) is 24.3 Å². The van der Waals surface area contributed by atoms with Gasteiger partial charge < -0.3 is 15.2 Å². The summed E-state index contributed by atoms with van der Waals surface area (Å²) in [5.41, 5.74) is 1.12. The minimum Gasteiger partial charge on any atom is -0.509 e. The van der Waals surface area contributed by atoms with Gasteiger partial charge in [-0.3, -0.25) is 0 Å². The topological polar surface area (TPSA) is 41.5 Å². The van der Waals surface area contributed by atoms with Crippen molar-refractivity contribution in [2.75, 3.05) is 13.2 Å². The minimum atomic E-state index is 0.236. The lowest BCUT2D eigenvalue weighted by atomic mass is 10.1. The molecule has 0 aromatic heterocycles. The van der Waals surface area contributed by atoms with Gasteiger partial charge in [0.25, 0.3) is 0 Å². The second kappa shape index (κ2) is 8.88. The van der Waals surface area contributed by atoms with Gasteiger partial charge in [-0.25, -0.2) is 0 Å². The Labute approximate surface area is 105 Å². The molecular weight excluding hydrogens is 214 g/mol. The Morgan fingerprint density at radius 2 is 2.12 bits per heavy atom. The van der Waals surface area contributed by atoms with Crippen LogP contribution in [0.15, 0.2) is 35.8 Å². The van der Waals surface area contributed by atoms with Crippen LogP contribution in [0.25, 0.3) is 0 Å². The van der Waals surface area contributed by atoms with Gasteiger partial charge in [-0.1, -0.05) is 24.3 Å². The Bertz CT molecular complexity index is 289. The van der Waals surface area contributed by atoms with Gasteiger partial charge in [0.1, 0.15) is 18.1 Å². The molecule has 0 fully saturated rings. The molecule has 17 heavy (non-hydrogen) atoms. The van der Waals surface area contributed by atoms with Crippen LogP contribution in [0.3, 0.4) is 0 Å². The first kappa shape index (κ1) is 15.8. The summed E-state index contributed by atoms with van der Waals surface area (Å²) in [6, 6.07) is 0.377. The summed E-state index contributed by atoms with van der Waals surface area (Å²) in [6.45, 7) is 12.8. The van der Waals surface area contributed by atoms with Crippen molar-refractivity contribution in [3.05, 3.63) is 35.8 Å². The highest BCUT2D eigenvalue weighted by atomic mass is 16.5. The van der Waals surface area contributed by atoms with Crippen LogP contribution >= 0.6 is 0 Å². The molecule has 2 N–H and O–H groups in total. The average molecular weight is 239 g/mol. The summed E-state index contributed by atoms with van der Waals surface area (Å²) >= 11 is 0. The number of hydrogen-bond donors (Lipinski definition) is 2. The van der Waals surface area contributed by atoms with Gasteiger partial charge in [0.05, 0.1) is 0 Å². The molecule has 0 saturated heterocycles. The smallest absolute Gasteiger partial charge is 0.130 e. The maximum atomic E-state index is 9.12. The Kier molecular flexibility index (Phi) is 8.24. The number of aliphatic hydroxyl groups is 1. The van der Waals surface area contributed by atoms with Crippen molar-refractivity contribution in [2.45, 2.75) is 40.2 Å². The fourth-order valence-corrected chi connectivity index (χ4v) is 1.38. The van der Waals surface area contributed by atoms with Gasteiger partial charge in [0.2, 0.25) is 0 Å². The van der Waals surface area contributed by atoms with E-state index < -0.39 is 0 Å². The first-order valence-corrected chi connectivity index (χ1v) is 6.00. The van der Waals surface area contributed by atoms with Crippen molar-refractivity contribution < 1.29 is 9.84 Å². The van der Waals surface area contributed by atoms with Crippen LogP contribution in [0.2, 0.25) is 0 Å². The second-order valence-electron chi connectivity index (χ2n) is 4.21. The fourth-order valence-electron chi connectivity index (χ4n) is 1.38. The minimum absolute atomic E-state index is 0.236. The summed E-state index contributed by atoms with van der Waals surface area (Å²) in [6.07, 6.45) is 4.95. The van der Waals surface area contributed by atoms with E-state index in [1.807, 2.05) is 19.1 Å². The molecule has 98 valence electrons. The van der Waals surface area contributed by atoms with Crippen molar-refractivity contribution in [1.29, 1.82) is 0 Å². The zero-order chi connectivity index (χ0) is 13.3. The molecule has 3 heteroatoms. The molecular formula is C14H25NO2. The van der Waals surface area contributed by atoms with Crippen LogP contribution < -0.4 is 5.32 Å². The van der Waals surface area contributed by atoms with Crippen molar-refractivity contribution in [3.8, 4) is 0 Å². The third-order valence-electron chi connectivity index (χ3n) is 2.39. The SMILES string of the molecule is C=C(/C=C\C)CC(C)NCCO/C(C)=C(/C)O. The van der Waals surface area contributed by atoms with Gasteiger partial charge >= 0.3 is 0 Å². The molecule has 1 unspecified atom stereocenters. The maximum Gasteiger partial charge on any atom is 0.130 e. The van der Waals surface area contributed by atoms with Gasteiger partial charge in [0.15, 0.2) is 0 Å². The van der Waals surface area contributed by atoms with Crippen molar-refractivity contribution >= 4 is 0 Å². The number of aliphatic hydroxyl groups excluding tert-OH is 1. The second-order valence-corrected chi connectivity index (χ2v) is 4.21. The Balaban J connectivity index is 3.69. The van der Waals surface area contributed by atoms with Gasteiger partial charge in [-0.15, -0.1) is 0 Å². The van der Waals surface area contributed by atoms with E-state index in [1.165, 1.54) is 0 Å². The lowest BCUT2D eigenvalue weighted by molar-refractivity contribution is 0.191. The van der Waals surface area contributed by atoms with Crippen LogP contribution in [0.1, 0.15) is 34.1 Å². The highest BCUT2D eigenvalue weighted by molar-refractivity contribution is 5.14. The largest absolute Gasteiger partial charge is 0.509 e. The summed E-state index contributed by atoms with van der Waals surface area (Å²) in [7, 11) is 0. The van der Waals surface area contributed by atoms with Crippen LogP contribution in [-0.2, 0) is 4.74 Å². The average Bonchev–Trinajstić information content (AvgIpc) is 2.24. The van der Waals surface area contributed by atoms with E-state index in [0.29, 0.717) is 18.4 Å². The third kappa shape index (κ3) is 8.57. The first-order valence-electron chi connectivity index (χ1n) is 6.00. The van der Waals surface area contributed by atoms with Gasteiger partial charge in [-0.2, -0.15) is 0 Å². The molecule has 0 rings (SSSR count). The zero-order valence-electron chi connectivity index (χ0n) is 11.4. The van der Waals surface area contributed by atoms with Crippen molar-refractivity contribution in [1.82, 2.24) is 5.32 Å². The van der Waals surface area contributed by atoms with Gasteiger partial charge in [0, 0.05) is 12.6 Å². The number of hydrogen-bond acceptors (Lipinski definition) is 3. The highest BCUT2D eigenvalue weighted by Gasteiger charge is 2.02. The summed E-state index contributed by atoms with van der Waals surface area (Å²) in [5, 5.41) is 12.5. The molecule has 0 aromatic rings. The summed E-state index contributed by atoms with van der Waals surface area (Å²) < 4.78 is 5.34. The predicted octanol–water partition coefficient (Wildman–Crippen LogP) is 3.31. The third-order valence-corrected chi connectivity index (χ3v) is 2.39. The maximum absolute atomic E-state index is 9.12. The molecule has 0 radical (unpaired) electrons. The van der Waals surface area contributed by atoms with Crippen LogP contribution in [0.5, 0.6) is 0 Å². The highest BCUT2D eigenvalue weighted by Crippen LogP contribution is 2.04. The van der Waals surface area contributed by atoms with E-state index >= 15 is 0 Å². The number of nitrogens with one attached hydrogen (secondary N) is 1. The molecule has 3 nitrogen and oxygen atoms in total.